The van der Waals surface area contributed by atoms with Gasteiger partial charge in [-0.15, -0.1) is 0 Å². The molecule has 1 saturated heterocycles. The Morgan fingerprint density at radius 1 is 1.03 bits per heavy atom. The van der Waals surface area contributed by atoms with Gasteiger partial charge in [0.15, 0.2) is 0 Å². The fourth-order valence-corrected chi connectivity index (χ4v) is 3.32. The van der Waals surface area contributed by atoms with Crippen LogP contribution in [0.1, 0.15) is 11.1 Å². The number of carbonyl (C=O) groups is 2. The zero-order valence-electron chi connectivity index (χ0n) is 17.3. The van der Waals surface area contributed by atoms with Gasteiger partial charge in [-0.3, -0.25) is 14.5 Å². The Kier molecular flexibility index (Phi) is 6.77. The minimum absolute atomic E-state index is 0.0284. The normalized spacial score (nSPS) is 14.2. The van der Waals surface area contributed by atoms with Crippen LogP contribution in [-0.4, -0.2) is 77.9 Å². The van der Waals surface area contributed by atoms with Gasteiger partial charge in [-0.1, -0.05) is 12.1 Å². The molecule has 1 fully saturated rings. The van der Waals surface area contributed by atoms with Crippen molar-refractivity contribution < 1.29 is 9.59 Å². The number of aromatic nitrogens is 2. The number of likely N-dealkylation sites (N-methyl/N-ethyl adjacent to an activating group) is 1. The largest absolute Gasteiger partial charge is 0.338 e. The molecule has 0 aliphatic carbocycles. The van der Waals surface area contributed by atoms with Gasteiger partial charge in [0, 0.05) is 44.3 Å². The Hall–Kier alpha value is -3.00. The van der Waals surface area contributed by atoms with E-state index < -0.39 is 0 Å². The number of nitrogens with zero attached hydrogens (tertiary/aromatic N) is 5. The van der Waals surface area contributed by atoms with Gasteiger partial charge in [0.2, 0.25) is 17.8 Å². The van der Waals surface area contributed by atoms with Crippen molar-refractivity contribution in [3.63, 3.8) is 0 Å². The summed E-state index contributed by atoms with van der Waals surface area (Å²) in [6, 6.07) is 7.61. The average molecular weight is 396 g/mol. The molecule has 8 heteroatoms. The number of hydrogen-bond donors (Lipinski definition) is 1. The van der Waals surface area contributed by atoms with Gasteiger partial charge in [0.25, 0.3) is 0 Å². The van der Waals surface area contributed by atoms with E-state index in [1.807, 2.05) is 36.9 Å². The lowest BCUT2D eigenvalue weighted by Crippen LogP contribution is -2.51. The molecule has 0 spiro atoms. The number of carbonyl (C=O) groups excluding carboxylic acids is 2. The summed E-state index contributed by atoms with van der Waals surface area (Å²) in [5, 5.41) is 2.93. The number of hydrogen-bond acceptors (Lipinski definition) is 6. The molecule has 3 rings (SSSR count). The molecule has 2 heterocycles. The van der Waals surface area contributed by atoms with Crippen LogP contribution in [0.3, 0.4) is 0 Å². The van der Waals surface area contributed by atoms with Crippen LogP contribution in [0.25, 0.3) is 0 Å². The summed E-state index contributed by atoms with van der Waals surface area (Å²) in [7, 11) is 1.79. The standard InChI is InChI=1S/C21H28N6O2/c1-16-6-4-7-18(17(16)2)24-19(28)14-25(3)15-20(29)26-10-12-27(13-11-26)21-22-8-5-9-23-21/h4-9H,10-15H2,1-3H3,(H,24,28). The van der Waals surface area contributed by atoms with Crippen molar-refractivity contribution in [3.05, 3.63) is 47.8 Å². The van der Waals surface area contributed by atoms with Crippen molar-refractivity contribution in [3.8, 4) is 0 Å². The molecule has 1 aliphatic heterocycles. The molecule has 0 atom stereocenters. The molecule has 2 amide bonds. The molecule has 8 nitrogen and oxygen atoms in total. The second-order valence-electron chi connectivity index (χ2n) is 7.38. The highest BCUT2D eigenvalue weighted by molar-refractivity contribution is 5.93. The Labute approximate surface area is 171 Å². The molecular formula is C21H28N6O2. The Bertz CT molecular complexity index is 850. The quantitative estimate of drug-likeness (QED) is 0.793. The molecule has 1 N–H and O–H groups in total. The van der Waals surface area contributed by atoms with Crippen LogP contribution in [-0.2, 0) is 9.59 Å². The van der Waals surface area contributed by atoms with Crippen LogP contribution in [0, 0.1) is 13.8 Å². The number of nitrogens with one attached hydrogen (secondary N) is 1. The van der Waals surface area contributed by atoms with Crippen LogP contribution in [0.15, 0.2) is 36.7 Å². The smallest absolute Gasteiger partial charge is 0.238 e. The fraction of sp³-hybridized carbons (Fsp3) is 0.429. The van der Waals surface area contributed by atoms with Crippen LogP contribution in [0.5, 0.6) is 0 Å². The first kappa shape index (κ1) is 20.7. The molecule has 29 heavy (non-hydrogen) atoms. The van der Waals surface area contributed by atoms with Crippen molar-refractivity contribution in [2.75, 3.05) is 56.5 Å². The summed E-state index contributed by atoms with van der Waals surface area (Å²) in [6.45, 7) is 7.02. The molecule has 2 aromatic rings. The minimum atomic E-state index is -0.125. The SMILES string of the molecule is Cc1cccc(NC(=O)CN(C)CC(=O)N2CCN(c3ncccn3)CC2)c1C. The third-order valence-electron chi connectivity index (χ3n) is 5.16. The maximum absolute atomic E-state index is 12.6. The lowest BCUT2D eigenvalue weighted by Gasteiger charge is -2.35. The first-order valence-corrected chi connectivity index (χ1v) is 9.78. The van der Waals surface area contributed by atoms with Crippen molar-refractivity contribution in [1.29, 1.82) is 0 Å². The first-order chi connectivity index (χ1) is 13.9. The van der Waals surface area contributed by atoms with Gasteiger partial charge in [0.1, 0.15) is 0 Å². The summed E-state index contributed by atoms with van der Waals surface area (Å²) >= 11 is 0. The molecule has 1 aromatic carbocycles. The maximum atomic E-state index is 12.6. The molecule has 1 aromatic heterocycles. The second kappa shape index (κ2) is 9.47. The lowest BCUT2D eigenvalue weighted by atomic mass is 10.1. The van der Waals surface area contributed by atoms with Gasteiger partial charge < -0.3 is 15.1 Å². The highest BCUT2D eigenvalue weighted by Gasteiger charge is 2.23. The predicted octanol–water partition coefficient (Wildman–Crippen LogP) is 1.31. The number of anilines is 2. The summed E-state index contributed by atoms with van der Waals surface area (Å²) in [4.78, 5) is 39.1. The van der Waals surface area contributed by atoms with E-state index in [0.717, 1.165) is 16.8 Å². The number of rotatable bonds is 6. The fourth-order valence-electron chi connectivity index (χ4n) is 3.32. The molecule has 0 radical (unpaired) electrons. The summed E-state index contributed by atoms with van der Waals surface area (Å²) in [5.74, 6) is 0.598. The molecule has 0 saturated carbocycles. The predicted molar refractivity (Wildman–Crippen MR) is 113 cm³/mol. The minimum Gasteiger partial charge on any atom is -0.338 e. The summed E-state index contributed by atoms with van der Waals surface area (Å²) in [5.41, 5.74) is 3.00. The topological polar surface area (TPSA) is 81.7 Å². The molecular weight excluding hydrogens is 368 g/mol. The third kappa shape index (κ3) is 5.51. The monoisotopic (exact) mass is 396 g/mol. The Morgan fingerprint density at radius 3 is 2.41 bits per heavy atom. The van der Waals surface area contributed by atoms with Crippen molar-refractivity contribution in [2.24, 2.45) is 0 Å². The van der Waals surface area contributed by atoms with Crippen LogP contribution >= 0.6 is 0 Å². The molecule has 0 bridgehead atoms. The second-order valence-corrected chi connectivity index (χ2v) is 7.38. The summed E-state index contributed by atoms with van der Waals surface area (Å²) < 4.78 is 0. The number of aryl methyl sites for hydroxylation is 1. The van der Waals surface area contributed by atoms with E-state index in [1.54, 1.807) is 30.4 Å². The first-order valence-electron chi connectivity index (χ1n) is 9.78. The Morgan fingerprint density at radius 2 is 1.72 bits per heavy atom. The number of amides is 2. The van der Waals surface area contributed by atoms with Gasteiger partial charge >= 0.3 is 0 Å². The Balaban J connectivity index is 1.44. The van der Waals surface area contributed by atoms with Gasteiger partial charge in [-0.05, 0) is 44.2 Å². The van der Waals surface area contributed by atoms with Gasteiger partial charge in [-0.2, -0.15) is 0 Å². The molecule has 1 aliphatic rings. The molecule has 154 valence electrons. The maximum Gasteiger partial charge on any atom is 0.238 e. The van der Waals surface area contributed by atoms with E-state index >= 15 is 0 Å². The lowest BCUT2D eigenvalue weighted by molar-refractivity contribution is -0.132. The average Bonchev–Trinajstić information content (AvgIpc) is 2.72. The van der Waals surface area contributed by atoms with Gasteiger partial charge in [-0.25, -0.2) is 9.97 Å². The highest BCUT2D eigenvalue weighted by Crippen LogP contribution is 2.17. The van der Waals surface area contributed by atoms with Crippen molar-refractivity contribution in [2.45, 2.75) is 13.8 Å². The van der Waals surface area contributed by atoms with E-state index in [9.17, 15) is 9.59 Å². The summed E-state index contributed by atoms with van der Waals surface area (Å²) in [6.07, 6.45) is 3.44. The van der Waals surface area contributed by atoms with E-state index in [4.69, 9.17) is 0 Å². The number of piperazine rings is 1. The third-order valence-corrected chi connectivity index (χ3v) is 5.16. The van der Waals surface area contributed by atoms with Crippen molar-refractivity contribution >= 4 is 23.5 Å². The van der Waals surface area contributed by atoms with Crippen LogP contribution in [0.4, 0.5) is 11.6 Å². The van der Waals surface area contributed by atoms with Crippen molar-refractivity contribution in [1.82, 2.24) is 19.8 Å². The van der Waals surface area contributed by atoms with Crippen LogP contribution in [0.2, 0.25) is 0 Å². The zero-order valence-corrected chi connectivity index (χ0v) is 17.3. The molecule has 0 unspecified atom stereocenters. The van der Waals surface area contributed by atoms with E-state index in [-0.39, 0.29) is 24.9 Å². The zero-order chi connectivity index (χ0) is 20.8. The highest BCUT2D eigenvalue weighted by atomic mass is 16.2. The number of benzene rings is 1. The van der Waals surface area contributed by atoms with Crippen LogP contribution < -0.4 is 10.2 Å². The van der Waals surface area contributed by atoms with E-state index in [2.05, 4.69) is 20.2 Å². The van der Waals surface area contributed by atoms with Gasteiger partial charge in [0.05, 0.1) is 13.1 Å². The van der Waals surface area contributed by atoms with E-state index in [1.165, 1.54) is 0 Å². The van der Waals surface area contributed by atoms with E-state index in [0.29, 0.717) is 32.1 Å².